The van der Waals surface area contributed by atoms with Gasteiger partial charge in [0.1, 0.15) is 17.6 Å². The zero-order valence-electron chi connectivity index (χ0n) is 11.8. The lowest BCUT2D eigenvalue weighted by Gasteiger charge is -2.11. The van der Waals surface area contributed by atoms with Gasteiger partial charge in [-0.1, -0.05) is 13.8 Å². The molecule has 6 heteroatoms. The molecule has 0 saturated heterocycles. The first kappa shape index (κ1) is 14.6. The molecule has 1 heterocycles. The lowest BCUT2D eigenvalue weighted by atomic mass is 10.2. The molecule has 0 fully saturated rings. The highest BCUT2D eigenvalue weighted by Gasteiger charge is 2.12. The minimum absolute atomic E-state index is 0.287. The summed E-state index contributed by atoms with van der Waals surface area (Å²) in [6, 6.07) is 6.73. The third-order valence-electron chi connectivity index (χ3n) is 2.59. The number of benzene rings is 1. The van der Waals surface area contributed by atoms with Crippen molar-refractivity contribution in [3.8, 4) is 17.6 Å². The zero-order chi connectivity index (χ0) is 15.2. The number of ether oxygens (including phenoxy) is 2. The average Bonchev–Trinajstić information content (AvgIpc) is 2.99. The van der Waals surface area contributed by atoms with Crippen LogP contribution in [0.5, 0.6) is 11.5 Å². The first-order chi connectivity index (χ1) is 10.1. The summed E-state index contributed by atoms with van der Waals surface area (Å²) in [6.07, 6.45) is 2.81. The van der Waals surface area contributed by atoms with Gasteiger partial charge in [0.05, 0.1) is 23.9 Å². The van der Waals surface area contributed by atoms with E-state index in [2.05, 4.69) is 10.2 Å². The number of H-pyrrole nitrogens is 1. The van der Waals surface area contributed by atoms with E-state index in [9.17, 15) is 4.79 Å². The van der Waals surface area contributed by atoms with E-state index in [0.29, 0.717) is 29.4 Å². The second kappa shape index (κ2) is 6.57. The van der Waals surface area contributed by atoms with Crippen LogP contribution in [0.3, 0.4) is 0 Å². The molecule has 0 spiro atoms. The molecular formula is C15H15N3O3. The minimum Gasteiger partial charge on any atom is -0.492 e. The Morgan fingerprint density at radius 1 is 1.48 bits per heavy atom. The first-order valence-corrected chi connectivity index (χ1v) is 6.48. The van der Waals surface area contributed by atoms with Gasteiger partial charge in [-0.15, -0.1) is 0 Å². The van der Waals surface area contributed by atoms with E-state index < -0.39 is 5.97 Å². The SMILES string of the molecule is CC(C)COc1ccc(OC(=O)c2cn[nH]c2)cc1C#N. The van der Waals surface area contributed by atoms with Gasteiger partial charge < -0.3 is 9.47 Å². The number of aromatic amines is 1. The highest BCUT2D eigenvalue weighted by molar-refractivity contribution is 5.90. The predicted molar refractivity (Wildman–Crippen MR) is 75.0 cm³/mol. The molecule has 1 aromatic carbocycles. The number of nitriles is 1. The molecule has 0 atom stereocenters. The number of nitrogens with zero attached hydrogens (tertiary/aromatic N) is 2. The number of carbonyl (C=O) groups excluding carboxylic acids is 1. The molecule has 108 valence electrons. The van der Waals surface area contributed by atoms with Gasteiger partial charge in [0.2, 0.25) is 0 Å². The van der Waals surface area contributed by atoms with Gasteiger partial charge in [-0.05, 0) is 18.1 Å². The van der Waals surface area contributed by atoms with Crippen molar-refractivity contribution in [2.24, 2.45) is 5.92 Å². The van der Waals surface area contributed by atoms with Crippen LogP contribution < -0.4 is 9.47 Å². The maximum atomic E-state index is 11.8. The molecular weight excluding hydrogens is 270 g/mol. The van der Waals surface area contributed by atoms with Crippen molar-refractivity contribution in [2.75, 3.05) is 6.61 Å². The van der Waals surface area contributed by atoms with Crippen LogP contribution in [0, 0.1) is 17.2 Å². The molecule has 1 aromatic heterocycles. The Kier molecular flexibility index (Phi) is 4.57. The monoisotopic (exact) mass is 285 g/mol. The van der Waals surface area contributed by atoms with E-state index in [1.165, 1.54) is 18.5 Å². The van der Waals surface area contributed by atoms with Crippen molar-refractivity contribution < 1.29 is 14.3 Å². The Bertz CT molecular complexity index is 657. The first-order valence-electron chi connectivity index (χ1n) is 6.48. The van der Waals surface area contributed by atoms with Crippen LogP contribution in [-0.4, -0.2) is 22.8 Å². The highest BCUT2D eigenvalue weighted by atomic mass is 16.5. The maximum Gasteiger partial charge on any atom is 0.346 e. The fourth-order valence-electron chi connectivity index (χ4n) is 1.57. The lowest BCUT2D eigenvalue weighted by molar-refractivity contribution is 0.0734. The summed E-state index contributed by atoms with van der Waals surface area (Å²) in [7, 11) is 0. The van der Waals surface area contributed by atoms with Gasteiger partial charge in [-0.2, -0.15) is 10.4 Å². The summed E-state index contributed by atoms with van der Waals surface area (Å²) in [5.74, 6) is 0.586. The topological polar surface area (TPSA) is 88.0 Å². The quantitative estimate of drug-likeness (QED) is 0.673. The average molecular weight is 285 g/mol. The zero-order valence-corrected chi connectivity index (χ0v) is 11.8. The van der Waals surface area contributed by atoms with Crippen molar-refractivity contribution in [3.05, 3.63) is 41.7 Å². The third-order valence-corrected chi connectivity index (χ3v) is 2.59. The van der Waals surface area contributed by atoms with Crippen molar-refractivity contribution in [3.63, 3.8) is 0 Å². The molecule has 2 rings (SSSR count). The molecule has 1 N–H and O–H groups in total. The summed E-state index contributed by atoms with van der Waals surface area (Å²) in [5.41, 5.74) is 0.641. The third kappa shape index (κ3) is 3.83. The van der Waals surface area contributed by atoms with E-state index in [-0.39, 0.29) is 5.75 Å². The number of rotatable bonds is 5. The molecule has 0 saturated carbocycles. The lowest BCUT2D eigenvalue weighted by Crippen LogP contribution is -2.08. The van der Waals surface area contributed by atoms with Gasteiger partial charge in [0.25, 0.3) is 0 Å². The molecule has 0 unspecified atom stereocenters. The Balaban J connectivity index is 2.12. The van der Waals surface area contributed by atoms with Crippen molar-refractivity contribution in [1.82, 2.24) is 10.2 Å². The second-order valence-corrected chi connectivity index (χ2v) is 4.85. The van der Waals surface area contributed by atoms with Crippen LogP contribution in [-0.2, 0) is 0 Å². The van der Waals surface area contributed by atoms with Crippen LogP contribution in [0.2, 0.25) is 0 Å². The van der Waals surface area contributed by atoms with Gasteiger partial charge in [-0.25, -0.2) is 4.79 Å². The van der Waals surface area contributed by atoms with Crippen LogP contribution >= 0.6 is 0 Å². The minimum atomic E-state index is -0.538. The molecule has 21 heavy (non-hydrogen) atoms. The van der Waals surface area contributed by atoms with E-state index in [4.69, 9.17) is 14.7 Å². The molecule has 0 aliphatic rings. The highest BCUT2D eigenvalue weighted by Crippen LogP contribution is 2.24. The van der Waals surface area contributed by atoms with E-state index in [1.807, 2.05) is 19.9 Å². The standard InChI is InChI=1S/C15H15N3O3/c1-10(2)9-20-14-4-3-13(5-11(14)6-16)21-15(19)12-7-17-18-8-12/h3-5,7-8,10H,9H2,1-2H3,(H,17,18). The Labute approximate surface area is 122 Å². The van der Waals surface area contributed by atoms with Crippen LogP contribution in [0.1, 0.15) is 29.8 Å². The summed E-state index contributed by atoms with van der Waals surface area (Å²) >= 11 is 0. The van der Waals surface area contributed by atoms with E-state index in [0.717, 1.165) is 0 Å². The molecule has 0 radical (unpaired) electrons. The van der Waals surface area contributed by atoms with E-state index in [1.54, 1.807) is 12.1 Å². The Morgan fingerprint density at radius 2 is 2.29 bits per heavy atom. The maximum absolute atomic E-state index is 11.8. The van der Waals surface area contributed by atoms with Crippen LogP contribution in [0.25, 0.3) is 0 Å². The Hall–Kier alpha value is -2.81. The molecule has 6 nitrogen and oxygen atoms in total. The van der Waals surface area contributed by atoms with E-state index >= 15 is 0 Å². The molecule has 0 aliphatic carbocycles. The summed E-state index contributed by atoms with van der Waals surface area (Å²) in [6.45, 7) is 4.56. The number of nitrogens with one attached hydrogen (secondary N) is 1. The van der Waals surface area contributed by atoms with Gasteiger partial charge in [-0.3, -0.25) is 5.10 Å². The van der Waals surface area contributed by atoms with Gasteiger partial charge >= 0.3 is 5.97 Å². The van der Waals surface area contributed by atoms with Crippen LogP contribution in [0.4, 0.5) is 0 Å². The van der Waals surface area contributed by atoms with Crippen molar-refractivity contribution in [1.29, 1.82) is 5.26 Å². The smallest absolute Gasteiger partial charge is 0.346 e. The van der Waals surface area contributed by atoms with Gasteiger partial charge in [0, 0.05) is 12.3 Å². The fraction of sp³-hybridized carbons (Fsp3) is 0.267. The summed E-state index contributed by atoms with van der Waals surface area (Å²) < 4.78 is 10.7. The number of esters is 1. The predicted octanol–water partition coefficient (Wildman–Crippen LogP) is 2.54. The fourth-order valence-corrected chi connectivity index (χ4v) is 1.57. The summed E-state index contributed by atoms with van der Waals surface area (Å²) in [5, 5.41) is 15.3. The van der Waals surface area contributed by atoms with Crippen molar-refractivity contribution in [2.45, 2.75) is 13.8 Å². The van der Waals surface area contributed by atoms with Crippen LogP contribution in [0.15, 0.2) is 30.6 Å². The molecule has 0 amide bonds. The largest absolute Gasteiger partial charge is 0.492 e. The molecule has 0 aliphatic heterocycles. The normalized spacial score (nSPS) is 10.2. The molecule has 0 bridgehead atoms. The number of hydrogen-bond acceptors (Lipinski definition) is 5. The number of hydrogen-bond donors (Lipinski definition) is 1. The second-order valence-electron chi connectivity index (χ2n) is 4.85. The number of carbonyl (C=O) groups is 1. The Morgan fingerprint density at radius 3 is 2.90 bits per heavy atom. The van der Waals surface area contributed by atoms with Gasteiger partial charge in [0.15, 0.2) is 0 Å². The summed E-state index contributed by atoms with van der Waals surface area (Å²) in [4.78, 5) is 11.8. The molecule has 2 aromatic rings. The van der Waals surface area contributed by atoms with Crippen molar-refractivity contribution >= 4 is 5.97 Å². The number of aromatic nitrogens is 2.